The lowest BCUT2D eigenvalue weighted by Gasteiger charge is -2.39. The fourth-order valence-electron chi connectivity index (χ4n) is 3.99. The number of hydrogen-bond donors (Lipinski definition) is 2. The maximum absolute atomic E-state index is 14.4. The first kappa shape index (κ1) is 19.4. The van der Waals surface area contributed by atoms with E-state index in [9.17, 15) is 14.3 Å². The number of aromatic carboxylic acids is 1. The smallest absolute Gasteiger partial charge is 0.356 e. The molecule has 2 aromatic heterocycles. The summed E-state index contributed by atoms with van der Waals surface area (Å²) < 4.78 is 25.7. The number of aromatic nitrogens is 3. The number of nitrogens with one attached hydrogen (secondary N) is 1. The van der Waals surface area contributed by atoms with Crippen LogP contribution in [0.15, 0.2) is 30.5 Å². The molecule has 10 heteroatoms. The maximum atomic E-state index is 14.4. The number of morpholine rings is 1. The maximum Gasteiger partial charge on any atom is 0.356 e. The second-order valence-electron chi connectivity index (χ2n) is 7.52. The summed E-state index contributed by atoms with van der Waals surface area (Å²) in [5, 5.41) is 12.5. The number of carbonyl (C=O) groups is 1. The number of carboxylic acids is 1. The van der Waals surface area contributed by atoms with E-state index in [0.717, 1.165) is 0 Å². The van der Waals surface area contributed by atoms with Crippen LogP contribution in [0.2, 0.25) is 0 Å². The zero-order valence-corrected chi connectivity index (χ0v) is 16.7. The Morgan fingerprint density at radius 1 is 1.35 bits per heavy atom. The van der Waals surface area contributed by atoms with Crippen LogP contribution in [-0.4, -0.2) is 58.4 Å². The van der Waals surface area contributed by atoms with Gasteiger partial charge in [0, 0.05) is 24.4 Å². The Balaban J connectivity index is 1.58. The van der Waals surface area contributed by atoms with Crippen LogP contribution in [0, 0.1) is 5.82 Å². The Bertz CT molecular complexity index is 1170. The molecule has 2 aliphatic heterocycles. The summed E-state index contributed by atoms with van der Waals surface area (Å²) in [5.41, 5.74) is 1.68. The molecule has 9 nitrogen and oxygen atoms in total. The fourth-order valence-corrected chi connectivity index (χ4v) is 3.99. The number of pyridine rings is 1. The molecule has 0 saturated carbocycles. The molecule has 0 spiro atoms. The van der Waals surface area contributed by atoms with E-state index in [1.807, 2.05) is 6.92 Å². The van der Waals surface area contributed by atoms with Crippen LogP contribution >= 0.6 is 0 Å². The predicted octanol–water partition coefficient (Wildman–Crippen LogP) is 2.63. The van der Waals surface area contributed by atoms with Gasteiger partial charge in [-0.25, -0.2) is 24.1 Å². The molecule has 4 heterocycles. The van der Waals surface area contributed by atoms with Gasteiger partial charge in [-0.2, -0.15) is 0 Å². The Labute approximate surface area is 176 Å². The summed E-state index contributed by atoms with van der Waals surface area (Å²) in [6, 6.07) is 5.56. The summed E-state index contributed by atoms with van der Waals surface area (Å²) in [6.07, 6.45) is 1.41. The summed E-state index contributed by atoms with van der Waals surface area (Å²) in [5.74, 6) is -0.623. The van der Waals surface area contributed by atoms with Gasteiger partial charge in [-0.1, -0.05) is 0 Å². The van der Waals surface area contributed by atoms with Gasteiger partial charge in [-0.05, 0) is 25.1 Å². The number of anilines is 2. The lowest BCUT2D eigenvalue weighted by molar-refractivity contribution is 0.0684. The van der Waals surface area contributed by atoms with Crippen molar-refractivity contribution in [3.8, 4) is 5.88 Å². The van der Waals surface area contributed by atoms with Crippen LogP contribution in [0.5, 0.6) is 5.88 Å². The van der Waals surface area contributed by atoms with Crippen molar-refractivity contribution < 1.29 is 23.8 Å². The third-order valence-corrected chi connectivity index (χ3v) is 5.48. The van der Waals surface area contributed by atoms with E-state index < -0.39 is 17.8 Å². The molecule has 5 rings (SSSR count). The number of fused-ring (bicyclic) bond motifs is 4. The van der Waals surface area contributed by atoms with Gasteiger partial charge < -0.3 is 24.8 Å². The lowest BCUT2D eigenvalue weighted by Crippen LogP contribution is -2.51. The first-order chi connectivity index (χ1) is 15.0. The highest BCUT2D eigenvalue weighted by Gasteiger charge is 2.33. The summed E-state index contributed by atoms with van der Waals surface area (Å²) in [6.45, 7) is 4.05. The molecular weight excluding hydrogens is 405 g/mol. The first-order valence-corrected chi connectivity index (χ1v) is 9.94. The molecular formula is C21H20FN5O4. The molecule has 3 aromatic rings. The van der Waals surface area contributed by atoms with Gasteiger partial charge in [0.1, 0.15) is 12.4 Å². The fraction of sp³-hybridized carbons (Fsp3) is 0.333. The van der Waals surface area contributed by atoms with Gasteiger partial charge in [-0.15, -0.1) is 0 Å². The molecule has 2 N–H and O–H groups in total. The van der Waals surface area contributed by atoms with Crippen molar-refractivity contribution in [2.24, 2.45) is 0 Å². The van der Waals surface area contributed by atoms with Crippen molar-refractivity contribution in [1.82, 2.24) is 15.0 Å². The minimum atomic E-state index is -1.15. The molecule has 2 atom stereocenters. The number of hydrogen-bond acceptors (Lipinski definition) is 8. The molecule has 1 fully saturated rings. The van der Waals surface area contributed by atoms with E-state index in [1.54, 1.807) is 12.1 Å². The number of benzene rings is 1. The van der Waals surface area contributed by atoms with E-state index in [-0.39, 0.29) is 11.7 Å². The standard InChI is InChI=1S/C21H20FN5O4/c1-11(24-15-3-2-4-23-18(15)21(28)29)14-7-12(22)8-16-17(14)26-19-20(25-16)31-10-13-9-30-6-5-27(13)19/h2-4,7-8,11,13,24H,5-6,9-10H2,1H3,(H,28,29)/t11-,13+/m1/s1. The van der Waals surface area contributed by atoms with Crippen LogP contribution in [-0.2, 0) is 4.74 Å². The number of ether oxygens (including phenoxy) is 2. The van der Waals surface area contributed by atoms with Gasteiger partial charge in [0.25, 0.3) is 5.88 Å². The van der Waals surface area contributed by atoms with Gasteiger partial charge in [0.2, 0.25) is 0 Å². The average Bonchev–Trinajstić information content (AvgIpc) is 2.77. The zero-order valence-electron chi connectivity index (χ0n) is 16.7. The van der Waals surface area contributed by atoms with Crippen molar-refractivity contribution in [3.63, 3.8) is 0 Å². The normalized spacial score (nSPS) is 18.6. The van der Waals surface area contributed by atoms with Gasteiger partial charge in [-0.3, -0.25) is 0 Å². The predicted molar refractivity (Wildman–Crippen MR) is 110 cm³/mol. The molecule has 2 aliphatic rings. The minimum absolute atomic E-state index is 0.0564. The highest BCUT2D eigenvalue weighted by Crippen LogP contribution is 2.36. The Hall–Kier alpha value is -3.53. The van der Waals surface area contributed by atoms with Crippen LogP contribution < -0.4 is 15.0 Å². The third kappa shape index (κ3) is 3.48. The van der Waals surface area contributed by atoms with Crippen molar-refractivity contribution in [2.45, 2.75) is 19.0 Å². The highest BCUT2D eigenvalue weighted by molar-refractivity contribution is 5.92. The summed E-state index contributed by atoms with van der Waals surface area (Å²) in [4.78, 5) is 26.8. The van der Waals surface area contributed by atoms with Gasteiger partial charge >= 0.3 is 5.97 Å². The van der Waals surface area contributed by atoms with E-state index in [4.69, 9.17) is 14.5 Å². The molecule has 160 valence electrons. The van der Waals surface area contributed by atoms with Crippen molar-refractivity contribution in [1.29, 1.82) is 0 Å². The van der Waals surface area contributed by atoms with E-state index in [1.165, 1.54) is 18.3 Å². The number of rotatable bonds is 4. The average molecular weight is 425 g/mol. The molecule has 1 saturated heterocycles. The monoisotopic (exact) mass is 425 g/mol. The van der Waals surface area contributed by atoms with Crippen LogP contribution in [0.3, 0.4) is 0 Å². The SMILES string of the molecule is C[C@@H](Nc1cccnc1C(=O)O)c1cc(F)cc2nc3c(nc12)N1CCOC[C@H]1CO3. The highest BCUT2D eigenvalue weighted by atomic mass is 19.1. The third-order valence-electron chi connectivity index (χ3n) is 5.48. The molecule has 0 aliphatic carbocycles. The summed E-state index contributed by atoms with van der Waals surface area (Å²) in [7, 11) is 0. The second-order valence-corrected chi connectivity index (χ2v) is 7.52. The van der Waals surface area contributed by atoms with Gasteiger partial charge in [0.05, 0.1) is 42.0 Å². The van der Waals surface area contributed by atoms with Crippen LogP contribution in [0.1, 0.15) is 29.0 Å². The molecule has 0 amide bonds. The first-order valence-electron chi connectivity index (χ1n) is 9.94. The number of halogens is 1. The Kier molecular flexibility index (Phi) is 4.78. The van der Waals surface area contributed by atoms with Crippen molar-refractivity contribution in [3.05, 3.63) is 47.5 Å². The topological polar surface area (TPSA) is 110 Å². The van der Waals surface area contributed by atoms with E-state index in [2.05, 4.69) is 20.2 Å². The zero-order chi connectivity index (χ0) is 21.5. The lowest BCUT2D eigenvalue weighted by atomic mass is 10.0. The molecule has 1 aromatic carbocycles. The second kappa shape index (κ2) is 7.62. The largest absolute Gasteiger partial charge is 0.476 e. The van der Waals surface area contributed by atoms with Gasteiger partial charge in [0.15, 0.2) is 11.5 Å². The minimum Gasteiger partial charge on any atom is -0.476 e. The number of carboxylic acid groups (broad SMARTS) is 1. The van der Waals surface area contributed by atoms with Crippen LogP contribution in [0.4, 0.5) is 15.9 Å². The Morgan fingerprint density at radius 3 is 3.06 bits per heavy atom. The number of nitrogens with zero attached hydrogens (tertiary/aromatic N) is 4. The molecule has 0 radical (unpaired) electrons. The molecule has 0 unspecified atom stereocenters. The van der Waals surface area contributed by atoms with E-state index >= 15 is 0 Å². The van der Waals surface area contributed by atoms with Crippen LogP contribution in [0.25, 0.3) is 11.0 Å². The Morgan fingerprint density at radius 2 is 2.23 bits per heavy atom. The molecule has 31 heavy (non-hydrogen) atoms. The van der Waals surface area contributed by atoms with Crippen molar-refractivity contribution >= 4 is 28.5 Å². The van der Waals surface area contributed by atoms with E-state index in [0.29, 0.717) is 60.3 Å². The van der Waals surface area contributed by atoms with Crippen molar-refractivity contribution in [2.75, 3.05) is 36.6 Å². The quantitative estimate of drug-likeness (QED) is 0.652. The molecule has 0 bridgehead atoms. The summed E-state index contributed by atoms with van der Waals surface area (Å²) >= 11 is 0.